The largest absolute Gasteiger partial charge is 0.467 e. The second-order valence-electron chi connectivity index (χ2n) is 4.89. The van der Waals surface area contributed by atoms with Gasteiger partial charge in [-0.15, -0.1) is 11.3 Å². The van der Waals surface area contributed by atoms with Crippen molar-refractivity contribution < 1.29 is 9.21 Å². The van der Waals surface area contributed by atoms with Crippen LogP contribution in [0.2, 0.25) is 0 Å². The first kappa shape index (κ1) is 13.6. The zero-order valence-corrected chi connectivity index (χ0v) is 12.6. The summed E-state index contributed by atoms with van der Waals surface area (Å²) in [5.74, 6) is 0.615. The van der Waals surface area contributed by atoms with Gasteiger partial charge in [0.05, 0.1) is 18.5 Å². The van der Waals surface area contributed by atoms with Gasteiger partial charge in [-0.25, -0.2) is 4.98 Å². The Balaban J connectivity index is 1.92. The summed E-state index contributed by atoms with van der Waals surface area (Å²) >= 11 is 1.33. The predicted molar refractivity (Wildman–Crippen MR) is 83.3 cm³/mol. The van der Waals surface area contributed by atoms with Crippen LogP contribution in [0.25, 0.3) is 10.2 Å². The minimum Gasteiger partial charge on any atom is -0.467 e. The maximum absolute atomic E-state index is 12.5. The van der Waals surface area contributed by atoms with Crippen molar-refractivity contribution in [2.45, 2.75) is 13.5 Å². The molecule has 0 saturated heterocycles. The van der Waals surface area contributed by atoms with Gasteiger partial charge in [0.2, 0.25) is 0 Å². The molecule has 5 nitrogen and oxygen atoms in total. The average Bonchev–Trinajstić information content (AvgIpc) is 3.06. The molecule has 0 radical (unpaired) electrons. The molecule has 0 bridgehead atoms. The molecule has 1 amide bonds. The first-order valence-corrected chi connectivity index (χ1v) is 7.31. The van der Waals surface area contributed by atoms with Crippen molar-refractivity contribution in [2.75, 3.05) is 12.8 Å². The fraction of sp³-hybridized carbons (Fsp3) is 0.200. The van der Waals surface area contributed by atoms with Crippen molar-refractivity contribution in [3.63, 3.8) is 0 Å². The number of nitrogens with two attached hydrogens (primary N) is 1. The lowest BCUT2D eigenvalue weighted by Crippen LogP contribution is -2.25. The van der Waals surface area contributed by atoms with Gasteiger partial charge in [-0.1, -0.05) is 0 Å². The molecule has 0 aliphatic carbocycles. The van der Waals surface area contributed by atoms with Gasteiger partial charge in [0.1, 0.15) is 15.5 Å². The fourth-order valence-corrected chi connectivity index (χ4v) is 3.26. The zero-order valence-electron chi connectivity index (χ0n) is 11.8. The summed E-state index contributed by atoms with van der Waals surface area (Å²) < 4.78 is 5.26. The van der Waals surface area contributed by atoms with Crippen molar-refractivity contribution in [3.8, 4) is 0 Å². The number of nitrogen functional groups attached to an aromatic ring is 1. The lowest BCUT2D eigenvalue weighted by Gasteiger charge is -2.14. The molecular weight excluding hydrogens is 286 g/mol. The molecule has 0 aliphatic heterocycles. The van der Waals surface area contributed by atoms with Crippen LogP contribution in [0.15, 0.2) is 34.9 Å². The number of aromatic nitrogens is 1. The van der Waals surface area contributed by atoms with Crippen molar-refractivity contribution in [1.29, 1.82) is 0 Å². The Labute approximate surface area is 126 Å². The van der Waals surface area contributed by atoms with Gasteiger partial charge in [-0.2, -0.15) is 0 Å². The summed E-state index contributed by atoms with van der Waals surface area (Å²) in [6, 6.07) is 7.44. The Morgan fingerprint density at radius 1 is 1.43 bits per heavy atom. The van der Waals surface area contributed by atoms with E-state index in [-0.39, 0.29) is 5.91 Å². The molecule has 0 spiro atoms. The van der Waals surface area contributed by atoms with Crippen LogP contribution in [-0.4, -0.2) is 22.8 Å². The van der Waals surface area contributed by atoms with E-state index in [2.05, 4.69) is 4.98 Å². The number of carbonyl (C=O) groups excluding carboxylic acids is 1. The summed E-state index contributed by atoms with van der Waals surface area (Å²) in [5, 5.41) is 0.834. The summed E-state index contributed by atoms with van der Waals surface area (Å²) in [7, 11) is 1.73. The molecule has 3 rings (SSSR count). The Hall–Kier alpha value is -2.34. The number of hydrogen-bond donors (Lipinski definition) is 1. The molecule has 0 unspecified atom stereocenters. The molecule has 6 heteroatoms. The number of fused-ring (bicyclic) bond motifs is 1. The second kappa shape index (κ2) is 5.21. The van der Waals surface area contributed by atoms with Gasteiger partial charge in [0.25, 0.3) is 5.91 Å². The highest BCUT2D eigenvalue weighted by Gasteiger charge is 2.21. The highest BCUT2D eigenvalue weighted by Crippen LogP contribution is 2.33. The lowest BCUT2D eigenvalue weighted by atomic mass is 10.2. The van der Waals surface area contributed by atoms with E-state index in [0.29, 0.717) is 17.1 Å². The number of pyridine rings is 1. The summed E-state index contributed by atoms with van der Waals surface area (Å²) in [6.45, 7) is 2.33. The van der Waals surface area contributed by atoms with E-state index < -0.39 is 0 Å². The van der Waals surface area contributed by atoms with Crippen molar-refractivity contribution >= 4 is 33.1 Å². The number of anilines is 1. The summed E-state index contributed by atoms with van der Waals surface area (Å²) in [5.41, 5.74) is 7.51. The van der Waals surface area contributed by atoms with Gasteiger partial charge in [-0.05, 0) is 31.2 Å². The maximum atomic E-state index is 12.5. The molecule has 0 aliphatic rings. The van der Waals surface area contributed by atoms with E-state index in [1.165, 1.54) is 11.3 Å². The van der Waals surface area contributed by atoms with Gasteiger partial charge in [0, 0.05) is 18.1 Å². The standard InChI is InChI=1S/C15H15N3O2S/c1-9-5-6-11-12(16)13(21-14(11)17-9)15(19)18(2)8-10-4-3-7-20-10/h3-7H,8,16H2,1-2H3. The molecule has 0 atom stereocenters. The minimum atomic E-state index is -0.121. The number of furan rings is 1. The number of nitrogens with zero attached hydrogens (tertiary/aromatic N) is 2. The normalized spacial score (nSPS) is 11.0. The quantitative estimate of drug-likeness (QED) is 0.807. The Kier molecular flexibility index (Phi) is 3.39. The third kappa shape index (κ3) is 2.50. The van der Waals surface area contributed by atoms with Crippen LogP contribution in [0.3, 0.4) is 0 Å². The fourth-order valence-electron chi connectivity index (χ4n) is 2.13. The van der Waals surface area contributed by atoms with Gasteiger partial charge in [-0.3, -0.25) is 4.79 Å². The van der Waals surface area contributed by atoms with E-state index in [1.807, 2.05) is 25.1 Å². The van der Waals surface area contributed by atoms with E-state index in [9.17, 15) is 4.79 Å². The Morgan fingerprint density at radius 3 is 2.95 bits per heavy atom. The van der Waals surface area contributed by atoms with E-state index in [4.69, 9.17) is 10.2 Å². The lowest BCUT2D eigenvalue weighted by molar-refractivity contribution is 0.0781. The van der Waals surface area contributed by atoms with Gasteiger partial charge < -0.3 is 15.1 Å². The number of hydrogen-bond acceptors (Lipinski definition) is 5. The van der Waals surface area contributed by atoms with E-state index in [1.54, 1.807) is 24.3 Å². The molecule has 3 aromatic heterocycles. The van der Waals surface area contributed by atoms with Gasteiger partial charge in [0.15, 0.2) is 0 Å². The van der Waals surface area contributed by atoms with E-state index >= 15 is 0 Å². The van der Waals surface area contributed by atoms with Crippen molar-refractivity contribution in [2.24, 2.45) is 0 Å². The molecular formula is C15H15N3O2S. The average molecular weight is 301 g/mol. The predicted octanol–water partition coefficient (Wildman–Crippen LogP) is 3.05. The molecule has 0 aromatic carbocycles. The van der Waals surface area contributed by atoms with Crippen molar-refractivity contribution in [1.82, 2.24) is 9.88 Å². The Morgan fingerprint density at radius 2 is 2.24 bits per heavy atom. The van der Waals surface area contributed by atoms with Crippen LogP contribution < -0.4 is 5.73 Å². The van der Waals surface area contributed by atoms with Crippen LogP contribution in [-0.2, 0) is 6.54 Å². The van der Waals surface area contributed by atoms with Crippen LogP contribution in [0.4, 0.5) is 5.69 Å². The molecule has 3 heterocycles. The van der Waals surface area contributed by atoms with Crippen LogP contribution in [0.5, 0.6) is 0 Å². The first-order valence-electron chi connectivity index (χ1n) is 6.49. The topological polar surface area (TPSA) is 72.4 Å². The first-order chi connectivity index (χ1) is 10.1. The summed E-state index contributed by atoms with van der Waals surface area (Å²) in [6.07, 6.45) is 1.59. The highest BCUT2D eigenvalue weighted by molar-refractivity contribution is 7.21. The number of aryl methyl sites for hydroxylation is 1. The smallest absolute Gasteiger partial charge is 0.266 e. The number of amides is 1. The van der Waals surface area contributed by atoms with Crippen LogP contribution in [0.1, 0.15) is 21.1 Å². The zero-order chi connectivity index (χ0) is 15.0. The molecule has 108 valence electrons. The second-order valence-corrected chi connectivity index (χ2v) is 5.89. The molecule has 0 saturated carbocycles. The highest BCUT2D eigenvalue weighted by atomic mass is 32.1. The maximum Gasteiger partial charge on any atom is 0.266 e. The van der Waals surface area contributed by atoms with Gasteiger partial charge >= 0.3 is 0 Å². The van der Waals surface area contributed by atoms with E-state index in [0.717, 1.165) is 21.7 Å². The number of rotatable bonds is 3. The third-order valence-corrected chi connectivity index (χ3v) is 4.35. The number of carbonyl (C=O) groups is 1. The number of thiophene rings is 1. The minimum absolute atomic E-state index is 0.121. The van der Waals surface area contributed by atoms with Crippen LogP contribution in [0, 0.1) is 6.92 Å². The third-order valence-electron chi connectivity index (χ3n) is 3.25. The Bertz CT molecular complexity index is 793. The SMILES string of the molecule is Cc1ccc2c(N)c(C(=O)N(C)Cc3ccco3)sc2n1. The summed E-state index contributed by atoms with van der Waals surface area (Å²) in [4.78, 5) is 19.9. The monoisotopic (exact) mass is 301 g/mol. The molecule has 0 fully saturated rings. The molecule has 21 heavy (non-hydrogen) atoms. The molecule has 2 N–H and O–H groups in total. The van der Waals surface area contributed by atoms with Crippen molar-refractivity contribution in [3.05, 3.63) is 46.9 Å². The van der Waals surface area contributed by atoms with Crippen LogP contribution >= 0.6 is 11.3 Å². The molecule has 3 aromatic rings.